The van der Waals surface area contributed by atoms with E-state index in [0.29, 0.717) is 11.5 Å². The van der Waals surface area contributed by atoms with E-state index in [9.17, 15) is 21.6 Å². The van der Waals surface area contributed by atoms with E-state index in [1.165, 1.54) is 12.1 Å². The molecule has 0 atom stereocenters. The maximum absolute atomic E-state index is 13.1. The molecule has 0 unspecified atom stereocenters. The van der Waals surface area contributed by atoms with Gasteiger partial charge in [0.2, 0.25) is 10.0 Å². The van der Waals surface area contributed by atoms with Gasteiger partial charge in [-0.2, -0.15) is 17.5 Å². The smallest absolute Gasteiger partial charge is 0.286 e. The van der Waals surface area contributed by atoms with Crippen LogP contribution in [0.3, 0.4) is 0 Å². The molecule has 0 bridgehead atoms. The van der Waals surface area contributed by atoms with E-state index in [0.717, 1.165) is 16.4 Å². The summed E-state index contributed by atoms with van der Waals surface area (Å²) >= 11 is 0. The molecule has 0 amide bonds. The minimum Gasteiger partial charge on any atom is -0.286 e. The molecule has 2 aromatic heterocycles. The summed E-state index contributed by atoms with van der Waals surface area (Å²) in [7, 11) is -4.24. The highest BCUT2D eigenvalue weighted by Gasteiger charge is 2.44. The molecule has 0 spiro atoms. The van der Waals surface area contributed by atoms with Crippen molar-refractivity contribution in [3.8, 4) is 0 Å². The Bertz CT molecular complexity index is 1070. The maximum Gasteiger partial charge on any atom is 0.417 e. The van der Waals surface area contributed by atoms with E-state index < -0.39 is 26.7 Å². The van der Waals surface area contributed by atoms with Gasteiger partial charge in [0.05, 0.1) is 10.5 Å². The lowest BCUT2D eigenvalue weighted by atomic mass is 10.0. The highest BCUT2D eigenvalue weighted by Crippen LogP contribution is 2.38. The van der Waals surface area contributed by atoms with Gasteiger partial charge < -0.3 is 0 Å². The van der Waals surface area contributed by atoms with Gasteiger partial charge in [0.1, 0.15) is 5.82 Å². The van der Waals surface area contributed by atoms with Crippen molar-refractivity contribution in [2.45, 2.75) is 17.0 Å². The molecule has 1 aliphatic rings. The molecular weight excluding hydrogens is 369 g/mol. The minimum absolute atomic E-state index is 0.0597. The zero-order chi connectivity index (χ0) is 18.5. The molecule has 0 N–H and O–H groups in total. The number of aromatic nitrogens is 3. The number of alkyl halides is 3. The molecule has 1 saturated heterocycles. The Kier molecular flexibility index (Phi) is 3.77. The monoisotopic (exact) mass is 382 g/mol. The van der Waals surface area contributed by atoms with Crippen LogP contribution in [0.2, 0.25) is 0 Å². The van der Waals surface area contributed by atoms with E-state index in [4.69, 9.17) is 0 Å². The first-order valence-corrected chi connectivity index (χ1v) is 9.18. The number of rotatable bonds is 3. The molecule has 26 heavy (non-hydrogen) atoms. The Morgan fingerprint density at radius 1 is 1.00 bits per heavy atom. The summed E-state index contributed by atoms with van der Waals surface area (Å²) in [5, 5.41) is 8.08. The lowest BCUT2D eigenvalue weighted by Gasteiger charge is -2.37. The fraction of sp³-hybridized carbons (Fsp3) is 0.250. The summed E-state index contributed by atoms with van der Waals surface area (Å²) in [4.78, 5) is -0.725. The first-order valence-electron chi connectivity index (χ1n) is 7.74. The summed E-state index contributed by atoms with van der Waals surface area (Å²) in [6, 6.07) is 9.58. The predicted molar refractivity (Wildman–Crippen MR) is 85.9 cm³/mol. The lowest BCUT2D eigenvalue weighted by molar-refractivity contribution is -0.139. The van der Waals surface area contributed by atoms with Crippen LogP contribution in [0.5, 0.6) is 0 Å². The Labute approximate surface area is 146 Å². The summed E-state index contributed by atoms with van der Waals surface area (Å²) in [5.74, 6) is 0.372. The molecule has 0 saturated carbocycles. The maximum atomic E-state index is 13.1. The van der Waals surface area contributed by atoms with Gasteiger partial charge in [0, 0.05) is 25.2 Å². The van der Waals surface area contributed by atoms with Gasteiger partial charge >= 0.3 is 6.18 Å². The molecular formula is C16H13F3N4O2S. The zero-order valence-corrected chi connectivity index (χ0v) is 14.1. The van der Waals surface area contributed by atoms with E-state index in [1.807, 2.05) is 0 Å². The second-order valence-electron chi connectivity index (χ2n) is 6.00. The molecule has 3 heterocycles. The largest absolute Gasteiger partial charge is 0.417 e. The van der Waals surface area contributed by atoms with Crippen LogP contribution < -0.4 is 0 Å². The SMILES string of the molecule is O=S(=O)(c1ccccc1C(F)(F)F)N1CC(c2nnc3ccccn23)C1. The van der Waals surface area contributed by atoms with Gasteiger partial charge in [-0.25, -0.2) is 8.42 Å². The normalized spacial score (nSPS) is 16.7. The summed E-state index contributed by atoms with van der Waals surface area (Å²) in [6.45, 7) is 0.119. The minimum atomic E-state index is -4.74. The van der Waals surface area contributed by atoms with Crippen LogP contribution in [0.15, 0.2) is 53.6 Å². The fourth-order valence-electron chi connectivity index (χ4n) is 3.00. The quantitative estimate of drug-likeness (QED) is 0.698. The van der Waals surface area contributed by atoms with E-state index in [-0.39, 0.29) is 19.0 Å². The summed E-state index contributed by atoms with van der Waals surface area (Å²) in [5.41, 5.74) is -0.525. The molecule has 1 aliphatic heterocycles. The van der Waals surface area contributed by atoms with Gasteiger partial charge in [-0.15, -0.1) is 10.2 Å². The topological polar surface area (TPSA) is 67.6 Å². The van der Waals surface area contributed by atoms with Crippen LogP contribution in [-0.2, 0) is 16.2 Å². The molecule has 10 heteroatoms. The molecule has 1 fully saturated rings. The zero-order valence-electron chi connectivity index (χ0n) is 13.3. The summed E-state index contributed by atoms with van der Waals surface area (Å²) < 4.78 is 67.5. The van der Waals surface area contributed by atoms with Crippen LogP contribution in [0.25, 0.3) is 5.65 Å². The molecule has 6 nitrogen and oxygen atoms in total. The van der Waals surface area contributed by atoms with Crippen LogP contribution in [0.1, 0.15) is 17.3 Å². The predicted octanol–water partition coefficient (Wildman–Crippen LogP) is 2.54. The van der Waals surface area contributed by atoms with E-state index in [2.05, 4.69) is 10.2 Å². The van der Waals surface area contributed by atoms with Crippen molar-refractivity contribution >= 4 is 15.7 Å². The Morgan fingerprint density at radius 3 is 2.42 bits per heavy atom. The van der Waals surface area contributed by atoms with Crippen LogP contribution >= 0.6 is 0 Å². The highest BCUT2D eigenvalue weighted by molar-refractivity contribution is 7.89. The van der Waals surface area contributed by atoms with Gasteiger partial charge in [0.15, 0.2) is 5.65 Å². The van der Waals surface area contributed by atoms with Gasteiger partial charge in [0.25, 0.3) is 0 Å². The van der Waals surface area contributed by atoms with Crippen LogP contribution in [0, 0.1) is 0 Å². The fourth-order valence-corrected chi connectivity index (χ4v) is 4.74. The van der Waals surface area contributed by atoms with Gasteiger partial charge in [-0.1, -0.05) is 18.2 Å². The van der Waals surface area contributed by atoms with Crippen LogP contribution in [-0.4, -0.2) is 40.4 Å². The number of benzene rings is 1. The highest BCUT2D eigenvalue weighted by atomic mass is 32.2. The Morgan fingerprint density at radius 2 is 1.69 bits per heavy atom. The first-order chi connectivity index (χ1) is 12.3. The van der Waals surface area contributed by atoms with Crippen molar-refractivity contribution in [1.82, 2.24) is 18.9 Å². The van der Waals surface area contributed by atoms with Crippen molar-refractivity contribution in [2.24, 2.45) is 0 Å². The molecule has 136 valence electrons. The molecule has 4 rings (SSSR count). The van der Waals surface area contributed by atoms with Gasteiger partial charge in [-0.3, -0.25) is 4.40 Å². The third-order valence-electron chi connectivity index (χ3n) is 4.36. The van der Waals surface area contributed by atoms with Crippen molar-refractivity contribution in [2.75, 3.05) is 13.1 Å². The van der Waals surface area contributed by atoms with Crippen molar-refractivity contribution in [1.29, 1.82) is 0 Å². The average Bonchev–Trinajstić information content (AvgIpc) is 2.97. The van der Waals surface area contributed by atoms with Crippen LogP contribution in [0.4, 0.5) is 13.2 Å². The third kappa shape index (κ3) is 2.65. The number of halogens is 3. The van der Waals surface area contributed by atoms with Crippen molar-refractivity contribution in [3.63, 3.8) is 0 Å². The molecule has 0 radical (unpaired) electrons. The number of fused-ring (bicyclic) bond motifs is 1. The molecule has 0 aliphatic carbocycles. The molecule has 3 aromatic rings. The molecule has 1 aromatic carbocycles. The number of sulfonamides is 1. The average molecular weight is 382 g/mol. The lowest BCUT2D eigenvalue weighted by Crippen LogP contribution is -2.49. The van der Waals surface area contributed by atoms with Gasteiger partial charge in [-0.05, 0) is 24.3 Å². The first kappa shape index (κ1) is 17.0. The number of pyridine rings is 1. The van der Waals surface area contributed by atoms with Crippen molar-refractivity contribution < 1.29 is 21.6 Å². The number of hydrogen-bond donors (Lipinski definition) is 0. The summed E-state index contributed by atoms with van der Waals surface area (Å²) in [6.07, 6.45) is -2.97. The number of hydrogen-bond acceptors (Lipinski definition) is 4. The van der Waals surface area contributed by atoms with E-state index in [1.54, 1.807) is 28.8 Å². The second kappa shape index (κ2) is 5.78. The van der Waals surface area contributed by atoms with Crippen molar-refractivity contribution in [3.05, 3.63) is 60.0 Å². The number of nitrogens with zero attached hydrogens (tertiary/aromatic N) is 4. The van der Waals surface area contributed by atoms with E-state index >= 15 is 0 Å². The Hall–Kier alpha value is -2.46. The standard InChI is InChI=1S/C16H13F3N4O2S/c17-16(18,19)12-5-1-2-6-13(12)26(24,25)22-9-11(10-22)15-21-20-14-7-3-4-8-23(14)15/h1-8,11H,9-10H2. The Balaban J connectivity index is 1.61. The third-order valence-corrected chi connectivity index (χ3v) is 6.25. The second-order valence-corrected chi connectivity index (χ2v) is 7.91.